The van der Waals surface area contributed by atoms with Crippen LogP contribution in [-0.2, 0) is 0 Å². The van der Waals surface area contributed by atoms with Crippen molar-refractivity contribution in [3.63, 3.8) is 0 Å². The lowest BCUT2D eigenvalue weighted by Crippen LogP contribution is -1.77. The van der Waals surface area contributed by atoms with E-state index in [0.29, 0.717) is 0 Å². The third kappa shape index (κ3) is 1.94. The molecule has 0 amide bonds. The molecule has 0 saturated heterocycles. The van der Waals surface area contributed by atoms with E-state index in [2.05, 4.69) is 33.7 Å². The van der Waals surface area contributed by atoms with E-state index in [1.165, 1.54) is 11.1 Å². The quantitative estimate of drug-likeness (QED) is 0.677. The van der Waals surface area contributed by atoms with Gasteiger partial charge in [-0.05, 0) is 23.3 Å². The Morgan fingerprint density at radius 2 is 1.29 bits per heavy atom. The first-order valence-corrected chi connectivity index (χ1v) is 4.89. The van der Waals surface area contributed by atoms with Crippen LogP contribution in [0.25, 0.3) is 11.1 Å². The van der Waals surface area contributed by atoms with Crippen molar-refractivity contribution in [2.24, 2.45) is 0 Å². The lowest BCUT2D eigenvalue weighted by molar-refractivity contribution is 0.646. The van der Waals surface area contributed by atoms with Crippen molar-refractivity contribution in [2.75, 3.05) is 0 Å². The molecule has 0 aliphatic rings. The maximum atomic E-state index is 5.02. The summed E-state index contributed by atoms with van der Waals surface area (Å²) >= 11 is 0. The minimum Gasteiger partial charge on any atom is -0.480 e. The maximum absolute atomic E-state index is 5.02. The molecule has 2 aromatic rings. The molecule has 1 nitrogen and oxygen atoms in total. The second-order valence-electron chi connectivity index (χ2n) is 3.01. The summed E-state index contributed by atoms with van der Waals surface area (Å²) in [6.07, 6.45) is 0. The Morgan fingerprint density at radius 1 is 0.714 bits per heavy atom. The van der Waals surface area contributed by atoms with E-state index in [4.69, 9.17) is 4.52 Å². The Morgan fingerprint density at radius 3 is 1.86 bits per heavy atom. The molecule has 70 valence electrons. The second-order valence-corrected chi connectivity index (χ2v) is 3.24. The van der Waals surface area contributed by atoms with E-state index in [1.807, 2.05) is 30.3 Å². The van der Waals surface area contributed by atoms with Crippen molar-refractivity contribution in [3.05, 3.63) is 54.6 Å². The smallest absolute Gasteiger partial charge is 0.122 e. The summed E-state index contributed by atoms with van der Waals surface area (Å²) in [7, 11) is 2.24. The Labute approximate surface area is 86.0 Å². The van der Waals surface area contributed by atoms with Crippen LogP contribution in [0.5, 0.6) is 5.75 Å². The van der Waals surface area contributed by atoms with Crippen LogP contribution in [-0.4, -0.2) is 0 Å². The number of benzene rings is 2. The Bertz CT molecular complexity index is 394. The van der Waals surface area contributed by atoms with Crippen molar-refractivity contribution in [1.82, 2.24) is 0 Å². The molecule has 0 radical (unpaired) electrons. The molecule has 1 unspecified atom stereocenters. The van der Waals surface area contributed by atoms with Crippen LogP contribution < -0.4 is 4.52 Å². The lowest BCUT2D eigenvalue weighted by Gasteiger charge is -2.02. The van der Waals surface area contributed by atoms with E-state index in [9.17, 15) is 0 Å². The molecule has 1 atom stereocenters. The van der Waals surface area contributed by atoms with Crippen LogP contribution >= 0.6 is 9.47 Å². The first-order valence-electron chi connectivity index (χ1n) is 4.42. The fourth-order valence-corrected chi connectivity index (χ4v) is 1.51. The molecule has 0 N–H and O–H groups in total. The molecule has 0 saturated carbocycles. The third-order valence-corrected chi connectivity index (χ3v) is 2.37. The van der Waals surface area contributed by atoms with Crippen LogP contribution in [0.4, 0.5) is 0 Å². The minimum atomic E-state index is 0.856. The van der Waals surface area contributed by atoms with Gasteiger partial charge in [0.05, 0.1) is 9.47 Å². The van der Waals surface area contributed by atoms with Crippen molar-refractivity contribution < 1.29 is 4.52 Å². The van der Waals surface area contributed by atoms with Gasteiger partial charge in [-0.15, -0.1) is 0 Å². The SMILES string of the molecule is POc1ccc(-c2ccccc2)cc1. The molecule has 0 fully saturated rings. The predicted octanol–water partition coefficient (Wildman–Crippen LogP) is 3.52. The maximum Gasteiger partial charge on any atom is 0.122 e. The van der Waals surface area contributed by atoms with Gasteiger partial charge >= 0.3 is 0 Å². The molecule has 0 aliphatic carbocycles. The molecule has 0 bridgehead atoms. The summed E-state index contributed by atoms with van der Waals surface area (Å²) in [5.41, 5.74) is 2.43. The van der Waals surface area contributed by atoms with E-state index in [1.54, 1.807) is 0 Å². The topological polar surface area (TPSA) is 9.23 Å². The van der Waals surface area contributed by atoms with Gasteiger partial charge in [-0.1, -0.05) is 42.5 Å². The fourth-order valence-electron chi connectivity index (χ4n) is 1.36. The van der Waals surface area contributed by atoms with Gasteiger partial charge in [-0.25, -0.2) is 0 Å². The highest BCUT2D eigenvalue weighted by molar-refractivity contribution is 7.10. The van der Waals surface area contributed by atoms with Crippen LogP contribution in [0.3, 0.4) is 0 Å². The molecular weight excluding hydrogens is 191 g/mol. The Hall–Kier alpha value is -1.33. The van der Waals surface area contributed by atoms with Gasteiger partial charge < -0.3 is 4.52 Å². The highest BCUT2D eigenvalue weighted by Crippen LogP contribution is 2.22. The van der Waals surface area contributed by atoms with Gasteiger partial charge in [0, 0.05) is 0 Å². The number of hydrogen-bond donors (Lipinski definition) is 0. The first kappa shape index (κ1) is 9.23. The standard InChI is InChI=1S/C12H11OP/c14-13-12-8-6-11(7-9-12)10-4-2-1-3-5-10/h1-9H,14H2. The van der Waals surface area contributed by atoms with Crippen molar-refractivity contribution in [2.45, 2.75) is 0 Å². The summed E-state index contributed by atoms with van der Waals surface area (Å²) in [5, 5.41) is 0. The van der Waals surface area contributed by atoms with Crippen LogP contribution in [0, 0.1) is 0 Å². The third-order valence-electron chi connectivity index (χ3n) is 2.10. The van der Waals surface area contributed by atoms with Crippen LogP contribution in [0.1, 0.15) is 0 Å². The van der Waals surface area contributed by atoms with Crippen molar-refractivity contribution in [1.29, 1.82) is 0 Å². The molecule has 14 heavy (non-hydrogen) atoms. The van der Waals surface area contributed by atoms with Gasteiger partial charge in [0.25, 0.3) is 0 Å². The minimum absolute atomic E-state index is 0.856. The highest BCUT2D eigenvalue weighted by Gasteiger charge is 1.95. The normalized spacial score (nSPS) is 9.79. The van der Waals surface area contributed by atoms with E-state index in [-0.39, 0.29) is 0 Å². The van der Waals surface area contributed by atoms with Gasteiger partial charge in [0.15, 0.2) is 0 Å². The van der Waals surface area contributed by atoms with Crippen LogP contribution in [0.15, 0.2) is 54.6 Å². The molecule has 0 aliphatic heterocycles. The zero-order valence-electron chi connectivity index (χ0n) is 7.68. The van der Waals surface area contributed by atoms with Gasteiger partial charge in [-0.2, -0.15) is 0 Å². The Balaban J connectivity index is 2.34. The summed E-state index contributed by atoms with van der Waals surface area (Å²) in [6, 6.07) is 18.3. The molecule has 2 rings (SSSR count). The molecular formula is C12H11OP. The zero-order chi connectivity index (χ0) is 9.80. The Kier molecular flexibility index (Phi) is 2.81. The highest BCUT2D eigenvalue weighted by atomic mass is 31.0. The summed E-state index contributed by atoms with van der Waals surface area (Å²) in [5.74, 6) is 0.856. The van der Waals surface area contributed by atoms with E-state index < -0.39 is 0 Å². The van der Waals surface area contributed by atoms with Crippen LogP contribution in [0.2, 0.25) is 0 Å². The molecule has 0 spiro atoms. The number of rotatable bonds is 2. The van der Waals surface area contributed by atoms with Gasteiger partial charge in [-0.3, -0.25) is 0 Å². The van der Waals surface area contributed by atoms with E-state index >= 15 is 0 Å². The second kappa shape index (κ2) is 4.26. The molecule has 2 aromatic carbocycles. The average molecular weight is 202 g/mol. The monoisotopic (exact) mass is 202 g/mol. The summed E-state index contributed by atoms with van der Waals surface area (Å²) < 4.78 is 5.02. The largest absolute Gasteiger partial charge is 0.480 e. The van der Waals surface area contributed by atoms with Gasteiger partial charge in [0.1, 0.15) is 5.75 Å². The summed E-state index contributed by atoms with van der Waals surface area (Å²) in [4.78, 5) is 0. The molecule has 2 heteroatoms. The zero-order valence-corrected chi connectivity index (χ0v) is 8.84. The average Bonchev–Trinajstić information content (AvgIpc) is 2.30. The predicted molar refractivity (Wildman–Crippen MR) is 62.2 cm³/mol. The lowest BCUT2D eigenvalue weighted by atomic mass is 10.1. The van der Waals surface area contributed by atoms with Crippen molar-refractivity contribution >= 4 is 9.47 Å². The first-order chi connectivity index (χ1) is 6.90. The van der Waals surface area contributed by atoms with E-state index in [0.717, 1.165) is 5.75 Å². The van der Waals surface area contributed by atoms with Crippen molar-refractivity contribution in [3.8, 4) is 16.9 Å². The fraction of sp³-hybridized carbons (Fsp3) is 0. The summed E-state index contributed by atoms with van der Waals surface area (Å²) in [6.45, 7) is 0. The van der Waals surface area contributed by atoms with Gasteiger partial charge in [0.2, 0.25) is 0 Å². The number of hydrogen-bond acceptors (Lipinski definition) is 1. The molecule has 0 heterocycles. The molecule has 0 aromatic heterocycles.